The minimum Gasteiger partial charge on any atom is -0.465 e. The monoisotopic (exact) mass is 352 g/mol. The number of amides is 2. The van der Waals surface area contributed by atoms with E-state index < -0.39 is 11.9 Å². The highest BCUT2D eigenvalue weighted by Gasteiger charge is 2.35. The third-order valence-electron chi connectivity index (χ3n) is 4.38. The molecule has 1 N–H and O–H groups in total. The Kier molecular flexibility index (Phi) is 5.02. The highest BCUT2D eigenvalue weighted by molar-refractivity contribution is 6.03. The Hall–Kier alpha value is -3.15. The van der Waals surface area contributed by atoms with Crippen molar-refractivity contribution < 1.29 is 19.1 Å². The van der Waals surface area contributed by atoms with Crippen LogP contribution in [0.15, 0.2) is 48.5 Å². The Morgan fingerprint density at radius 3 is 2.54 bits per heavy atom. The molecule has 2 aromatic carbocycles. The van der Waals surface area contributed by atoms with Gasteiger partial charge in [0.2, 0.25) is 11.8 Å². The van der Waals surface area contributed by atoms with E-state index in [2.05, 4.69) is 10.1 Å². The van der Waals surface area contributed by atoms with Gasteiger partial charge in [0.25, 0.3) is 0 Å². The first-order chi connectivity index (χ1) is 12.5. The molecular weight excluding hydrogens is 332 g/mol. The van der Waals surface area contributed by atoms with Gasteiger partial charge in [-0.15, -0.1) is 0 Å². The normalized spacial score (nSPS) is 16.5. The van der Waals surface area contributed by atoms with Crippen molar-refractivity contribution >= 4 is 29.2 Å². The number of rotatable bonds is 4. The topological polar surface area (TPSA) is 75.7 Å². The standard InChI is InChI=1S/C20H20N2O4/c1-13-4-3-5-16(10-13)21-19(24)15-11-18(23)22(12-15)17-8-6-14(7-9-17)20(25)26-2/h3-10,15H,11-12H2,1-2H3,(H,21,24). The van der Waals surface area contributed by atoms with Crippen LogP contribution in [-0.2, 0) is 14.3 Å². The predicted octanol–water partition coefficient (Wildman–Crippen LogP) is 2.77. The van der Waals surface area contributed by atoms with Gasteiger partial charge in [-0.3, -0.25) is 9.59 Å². The average Bonchev–Trinajstić information content (AvgIpc) is 3.03. The Morgan fingerprint density at radius 1 is 1.15 bits per heavy atom. The molecule has 0 saturated carbocycles. The van der Waals surface area contributed by atoms with E-state index in [9.17, 15) is 14.4 Å². The molecular formula is C20H20N2O4. The van der Waals surface area contributed by atoms with Gasteiger partial charge in [-0.25, -0.2) is 4.79 Å². The molecule has 1 fully saturated rings. The first-order valence-electron chi connectivity index (χ1n) is 8.34. The summed E-state index contributed by atoms with van der Waals surface area (Å²) in [5.74, 6) is -1.12. The van der Waals surface area contributed by atoms with Gasteiger partial charge >= 0.3 is 5.97 Å². The van der Waals surface area contributed by atoms with Crippen LogP contribution < -0.4 is 10.2 Å². The van der Waals surface area contributed by atoms with Crippen molar-refractivity contribution in [3.8, 4) is 0 Å². The number of carbonyl (C=O) groups is 3. The number of aryl methyl sites for hydroxylation is 1. The van der Waals surface area contributed by atoms with Crippen molar-refractivity contribution in [3.63, 3.8) is 0 Å². The van der Waals surface area contributed by atoms with Gasteiger partial charge in [0, 0.05) is 24.3 Å². The van der Waals surface area contributed by atoms with E-state index in [-0.39, 0.29) is 18.2 Å². The Balaban J connectivity index is 1.68. The molecule has 6 heteroatoms. The van der Waals surface area contributed by atoms with Crippen LogP contribution in [0.4, 0.5) is 11.4 Å². The van der Waals surface area contributed by atoms with E-state index in [0.29, 0.717) is 17.8 Å². The first-order valence-corrected chi connectivity index (χ1v) is 8.34. The van der Waals surface area contributed by atoms with Crippen LogP contribution in [0.3, 0.4) is 0 Å². The fourth-order valence-electron chi connectivity index (χ4n) is 3.00. The summed E-state index contributed by atoms with van der Waals surface area (Å²) in [5, 5.41) is 2.87. The molecule has 3 rings (SSSR count). The zero-order valence-electron chi connectivity index (χ0n) is 14.7. The zero-order valence-corrected chi connectivity index (χ0v) is 14.7. The van der Waals surface area contributed by atoms with Crippen molar-refractivity contribution in [2.24, 2.45) is 5.92 Å². The van der Waals surface area contributed by atoms with Gasteiger partial charge in [0.1, 0.15) is 0 Å². The molecule has 1 heterocycles. The minimum atomic E-state index is -0.431. The minimum absolute atomic E-state index is 0.111. The zero-order chi connectivity index (χ0) is 18.7. The quantitative estimate of drug-likeness (QED) is 0.859. The second-order valence-corrected chi connectivity index (χ2v) is 6.30. The Labute approximate surface area is 151 Å². The number of anilines is 2. The molecule has 2 aromatic rings. The molecule has 0 bridgehead atoms. The molecule has 0 aromatic heterocycles. The SMILES string of the molecule is COC(=O)c1ccc(N2CC(C(=O)Nc3cccc(C)c3)CC2=O)cc1. The van der Waals surface area contributed by atoms with E-state index in [1.165, 1.54) is 7.11 Å². The average molecular weight is 352 g/mol. The maximum Gasteiger partial charge on any atom is 0.337 e. The summed E-state index contributed by atoms with van der Waals surface area (Å²) < 4.78 is 4.66. The maximum atomic E-state index is 12.5. The fraction of sp³-hybridized carbons (Fsp3) is 0.250. The lowest BCUT2D eigenvalue weighted by Gasteiger charge is -2.17. The second-order valence-electron chi connectivity index (χ2n) is 6.30. The van der Waals surface area contributed by atoms with Crippen molar-refractivity contribution in [1.29, 1.82) is 0 Å². The molecule has 26 heavy (non-hydrogen) atoms. The predicted molar refractivity (Wildman–Crippen MR) is 98.1 cm³/mol. The lowest BCUT2D eigenvalue weighted by molar-refractivity contribution is -0.122. The van der Waals surface area contributed by atoms with Crippen LogP contribution in [-0.4, -0.2) is 31.4 Å². The van der Waals surface area contributed by atoms with E-state index in [4.69, 9.17) is 0 Å². The number of hydrogen-bond acceptors (Lipinski definition) is 4. The summed E-state index contributed by atoms with van der Waals surface area (Å²) in [4.78, 5) is 37.9. The molecule has 6 nitrogen and oxygen atoms in total. The largest absolute Gasteiger partial charge is 0.465 e. The number of esters is 1. The van der Waals surface area contributed by atoms with Gasteiger partial charge in [-0.2, -0.15) is 0 Å². The number of nitrogens with zero attached hydrogens (tertiary/aromatic N) is 1. The van der Waals surface area contributed by atoms with Crippen molar-refractivity contribution in [2.75, 3.05) is 23.9 Å². The lowest BCUT2D eigenvalue weighted by atomic mass is 10.1. The number of carbonyl (C=O) groups excluding carboxylic acids is 3. The van der Waals surface area contributed by atoms with Crippen LogP contribution >= 0.6 is 0 Å². The number of nitrogens with one attached hydrogen (secondary N) is 1. The van der Waals surface area contributed by atoms with Crippen LogP contribution in [0.25, 0.3) is 0 Å². The number of ether oxygens (including phenoxy) is 1. The smallest absolute Gasteiger partial charge is 0.337 e. The van der Waals surface area contributed by atoms with E-state index in [1.807, 2.05) is 31.2 Å². The lowest BCUT2D eigenvalue weighted by Crippen LogP contribution is -2.28. The molecule has 1 aliphatic rings. The summed E-state index contributed by atoms with van der Waals surface area (Å²) in [7, 11) is 1.32. The molecule has 1 aliphatic heterocycles. The summed E-state index contributed by atoms with van der Waals surface area (Å²) in [5.41, 5.74) is 2.85. The van der Waals surface area contributed by atoms with Gasteiger partial charge in [-0.05, 0) is 48.9 Å². The van der Waals surface area contributed by atoms with Gasteiger partial charge in [-0.1, -0.05) is 12.1 Å². The summed E-state index contributed by atoms with van der Waals surface area (Å²) >= 11 is 0. The van der Waals surface area contributed by atoms with Crippen LogP contribution in [0.5, 0.6) is 0 Å². The van der Waals surface area contributed by atoms with Crippen molar-refractivity contribution in [1.82, 2.24) is 0 Å². The van der Waals surface area contributed by atoms with Crippen molar-refractivity contribution in [3.05, 3.63) is 59.7 Å². The van der Waals surface area contributed by atoms with Crippen LogP contribution in [0.1, 0.15) is 22.3 Å². The first kappa shape index (κ1) is 17.7. The van der Waals surface area contributed by atoms with Crippen LogP contribution in [0.2, 0.25) is 0 Å². The van der Waals surface area contributed by atoms with E-state index in [1.54, 1.807) is 29.2 Å². The molecule has 1 saturated heterocycles. The molecule has 0 spiro atoms. The highest BCUT2D eigenvalue weighted by atomic mass is 16.5. The number of methoxy groups -OCH3 is 1. The molecule has 134 valence electrons. The second kappa shape index (κ2) is 7.39. The van der Waals surface area contributed by atoms with E-state index >= 15 is 0 Å². The molecule has 0 aliphatic carbocycles. The van der Waals surface area contributed by atoms with Crippen LogP contribution in [0, 0.1) is 12.8 Å². The van der Waals surface area contributed by atoms with Gasteiger partial charge in [0.15, 0.2) is 0 Å². The summed E-state index contributed by atoms with van der Waals surface area (Å²) in [6, 6.07) is 14.1. The summed E-state index contributed by atoms with van der Waals surface area (Å²) in [6.45, 7) is 2.27. The van der Waals surface area contributed by atoms with Crippen molar-refractivity contribution in [2.45, 2.75) is 13.3 Å². The molecule has 1 unspecified atom stereocenters. The van der Waals surface area contributed by atoms with Gasteiger partial charge in [0.05, 0.1) is 18.6 Å². The fourth-order valence-corrected chi connectivity index (χ4v) is 3.00. The molecule has 2 amide bonds. The van der Waals surface area contributed by atoms with E-state index in [0.717, 1.165) is 11.3 Å². The molecule has 0 radical (unpaired) electrons. The Morgan fingerprint density at radius 2 is 1.88 bits per heavy atom. The third-order valence-corrected chi connectivity index (χ3v) is 4.38. The Bertz CT molecular complexity index is 845. The van der Waals surface area contributed by atoms with Gasteiger partial charge < -0.3 is 15.0 Å². The highest BCUT2D eigenvalue weighted by Crippen LogP contribution is 2.26. The summed E-state index contributed by atoms with van der Waals surface area (Å²) in [6.07, 6.45) is 0.163. The molecule has 1 atom stereocenters. The maximum absolute atomic E-state index is 12.5. The number of benzene rings is 2. The third kappa shape index (κ3) is 3.74. The number of hydrogen-bond donors (Lipinski definition) is 1.